The lowest BCUT2D eigenvalue weighted by Crippen LogP contribution is -2.09. The molecule has 0 amide bonds. The molecular weight excluding hydrogens is 532 g/mol. The first-order chi connectivity index (χ1) is 20.8. The van der Waals surface area contributed by atoms with Gasteiger partial charge < -0.3 is 13.9 Å². The molecule has 0 aliphatic rings. The van der Waals surface area contributed by atoms with Crippen molar-refractivity contribution in [2.75, 3.05) is 4.90 Å². The maximum Gasteiger partial charge on any atom is 0.154 e. The van der Waals surface area contributed by atoms with Gasteiger partial charge in [-0.05, 0) is 72.8 Å². The highest BCUT2D eigenvalue weighted by Crippen LogP contribution is 2.44. The predicted molar refractivity (Wildman–Crippen MR) is 178 cm³/mol. The molecule has 3 heterocycles. The van der Waals surface area contributed by atoms with Gasteiger partial charge in [-0.15, -0.1) is 11.3 Å². The summed E-state index contributed by atoms with van der Waals surface area (Å²) in [7, 11) is 0. The third kappa shape index (κ3) is 3.46. The van der Waals surface area contributed by atoms with E-state index in [1.165, 1.54) is 36.6 Å². The molecule has 0 fully saturated rings. The van der Waals surface area contributed by atoms with Gasteiger partial charge in [0, 0.05) is 55.1 Å². The Morgan fingerprint density at radius 3 is 2.02 bits per heavy atom. The monoisotopic (exact) mass is 556 g/mol. The molecule has 0 aliphatic carbocycles. The standard InChI is InChI=1S/C38H24N2OS/c1-3-11-25(12-4-1)39(28-19-21-30-35(24-28)41-37-31-16-8-10-18-36(31)42-38(30)37)27-20-22-34-32(23-27)29-15-7-9-17-33(29)40(34)26-13-5-2-6-14-26/h1-24H. The largest absolute Gasteiger partial charge is 0.454 e. The van der Waals surface area contributed by atoms with Gasteiger partial charge in [0.15, 0.2) is 5.58 Å². The summed E-state index contributed by atoms with van der Waals surface area (Å²) in [6, 6.07) is 51.7. The minimum Gasteiger partial charge on any atom is -0.454 e. The molecule has 0 saturated carbocycles. The zero-order valence-corrected chi connectivity index (χ0v) is 23.4. The van der Waals surface area contributed by atoms with Gasteiger partial charge in [-0.2, -0.15) is 0 Å². The van der Waals surface area contributed by atoms with Gasteiger partial charge in [0.2, 0.25) is 0 Å². The molecule has 4 heteroatoms. The van der Waals surface area contributed by atoms with Gasteiger partial charge in [-0.3, -0.25) is 0 Å². The smallest absolute Gasteiger partial charge is 0.154 e. The third-order valence-electron chi connectivity index (χ3n) is 8.17. The molecule has 0 bridgehead atoms. The highest BCUT2D eigenvalue weighted by Gasteiger charge is 2.19. The van der Waals surface area contributed by atoms with E-state index in [1.807, 2.05) is 0 Å². The summed E-state index contributed by atoms with van der Waals surface area (Å²) in [5, 5.41) is 4.79. The maximum absolute atomic E-state index is 6.53. The van der Waals surface area contributed by atoms with Crippen molar-refractivity contribution in [2.45, 2.75) is 0 Å². The topological polar surface area (TPSA) is 21.3 Å². The quantitative estimate of drug-likeness (QED) is 0.215. The molecule has 3 nitrogen and oxygen atoms in total. The number of thiophene rings is 1. The SMILES string of the molecule is c1ccc(N(c2ccc3c(c2)oc2c4ccccc4sc32)c2ccc3c(c2)c2ccccc2n3-c2ccccc2)cc1. The highest BCUT2D eigenvalue weighted by atomic mass is 32.1. The molecule has 3 aromatic heterocycles. The fourth-order valence-corrected chi connectivity index (χ4v) is 7.47. The number of fused-ring (bicyclic) bond motifs is 8. The molecule has 0 aliphatic heterocycles. The number of furan rings is 1. The number of para-hydroxylation sites is 3. The Morgan fingerprint density at radius 1 is 0.500 bits per heavy atom. The summed E-state index contributed by atoms with van der Waals surface area (Å²) < 4.78 is 11.3. The van der Waals surface area contributed by atoms with Gasteiger partial charge in [0.25, 0.3) is 0 Å². The maximum atomic E-state index is 6.53. The molecule has 9 aromatic rings. The van der Waals surface area contributed by atoms with E-state index in [0.717, 1.165) is 39.3 Å². The number of aromatic nitrogens is 1. The third-order valence-corrected chi connectivity index (χ3v) is 9.36. The van der Waals surface area contributed by atoms with Crippen LogP contribution in [0.3, 0.4) is 0 Å². The number of nitrogens with zero attached hydrogens (tertiary/aromatic N) is 2. The summed E-state index contributed by atoms with van der Waals surface area (Å²) >= 11 is 1.80. The Balaban J connectivity index is 1.26. The molecule has 0 N–H and O–H groups in total. The van der Waals surface area contributed by atoms with Crippen molar-refractivity contribution in [3.8, 4) is 5.69 Å². The Hall–Kier alpha value is -5.32. The number of hydrogen-bond acceptors (Lipinski definition) is 3. The van der Waals surface area contributed by atoms with E-state index < -0.39 is 0 Å². The second-order valence-corrected chi connectivity index (χ2v) is 11.7. The van der Waals surface area contributed by atoms with Crippen LogP contribution >= 0.6 is 11.3 Å². The van der Waals surface area contributed by atoms with Crippen LogP contribution in [0.15, 0.2) is 150 Å². The first-order valence-corrected chi connectivity index (χ1v) is 14.9. The fraction of sp³-hybridized carbons (Fsp3) is 0. The Morgan fingerprint density at radius 2 is 1.17 bits per heavy atom. The van der Waals surface area contributed by atoms with Crippen molar-refractivity contribution in [3.63, 3.8) is 0 Å². The molecule has 0 spiro atoms. The number of hydrogen-bond donors (Lipinski definition) is 0. The van der Waals surface area contributed by atoms with E-state index in [0.29, 0.717) is 0 Å². The summed E-state index contributed by atoms with van der Waals surface area (Å²) in [5.74, 6) is 0. The van der Waals surface area contributed by atoms with Crippen molar-refractivity contribution in [2.24, 2.45) is 0 Å². The van der Waals surface area contributed by atoms with E-state index >= 15 is 0 Å². The molecule has 0 atom stereocenters. The molecule has 198 valence electrons. The number of benzene rings is 6. The normalized spacial score (nSPS) is 11.8. The Labute approximate surface area is 246 Å². The van der Waals surface area contributed by atoms with Crippen LogP contribution in [0.1, 0.15) is 0 Å². The molecule has 0 saturated heterocycles. The summed E-state index contributed by atoms with van der Waals surface area (Å²) in [5.41, 5.74) is 8.69. The molecule has 6 aromatic carbocycles. The molecule has 0 unspecified atom stereocenters. The summed E-state index contributed by atoms with van der Waals surface area (Å²) in [4.78, 5) is 2.32. The zero-order chi connectivity index (χ0) is 27.6. The Kier molecular flexibility index (Phi) is 5.07. The molecule has 0 radical (unpaired) electrons. The van der Waals surface area contributed by atoms with Crippen molar-refractivity contribution >= 4 is 81.5 Å². The van der Waals surface area contributed by atoms with Crippen LogP contribution in [0.4, 0.5) is 17.1 Å². The fourth-order valence-electron chi connectivity index (χ4n) is 6.31. The molecular formula is C38H24N2OS. The average Bonchev–Trinajstić information content (AvgIpc) is 3.70. The summed E-state index contributed by atoms with van der Waals surface area (Å²) in [6.07, 6.45) is 0. The van der Waals surface area contributed by atoms with Crippen LogP contribution in [0, 0.1) is 0 Å². The van der Waals surface area contributed by atoms with Crippen LogP contribution in [0.5, 0.6) is 0 Å². The predicted octanol–water partition coefficient (Wildman–Crippen LogP) is 11.4. The lowest BCUT2D eigenvalue weighted by Gasteiger charge is -2.25. The van der Waals surface area contributed by atoms with Gasteiger partial charge in [0.1, 0.15) is 5.58 Å². The lowest BCUT2D eigenvalue weighted by atomic mass is 10.1. The van der Waals surface area contributed by atoms with Crippen molar-refractivity contribution in [1.82, 2.24) is 4.57 Å². The second-order valence-electron chi connectivity index (χ2n) is 10.6. The van der Waals surface area contributed by atoms with E-state index in [1.54, 1.807) is 11.3 Å². The van der Waals surface area contributed by atoms with Crippen molar-refractivity contribution in [1.29, 1.82) is 0 Å². The second kappa shape index (κ2) is 9.10. The zero-order valence-electron chi connectivity index (χ0n) is 22.6. The minimum absolute atomic E-state index is 0.905. The van der Waals surface area contributed by atoms with E-state index in [4.69, 9.17) is 4.42 Å². The summed E-state index contributed by atoms with van der Waals surface area (Å²) in [6.45, 7) is 0. The Bertz CT molecular complexity index is 2420. The average molecular weight is 557 g/mol. The first kappa shape index (κ1) is 23.4. The first-order valence-electron chi connectivity index (χ1n) is 14.1. The molecule has 42 heavy (non-hydrogen) atoms. The molecule has 9 rings (SSSR count). The van der Waals surface area contributed by atoms with Crippen molar-refractivity contribution in [3.05, 3.63) is 146 Å². The van der Waals surface area contributed by atoms with Gasteiger partial charge in [-0.1, -0.05) is 66.7 Å². The van der Waals surface area contributed by atoms with Gasteiger partial charge >= 0.3 is 0 Å². The highest BCUT2D eigenvalue weighted by molar-refractivity contribution is 7.26. The minimum atomic E-state index is 0.905. The van der Waals surface area contributed by atoms with E-state index in [9.17, 15) is 0 Å². The number of anilines is 3. The van der Waals surface area contributed by atoms with Crippen LogP contribution in [0.25, 0.3) is 58.8 Å². The van der Waals surface area contributed by atoms with Crippen LogP contribution in [-0.4, -0.2) is 4.57 Å². The number of rotatable bonds is 4. The lowest BCUT2D eigenvalue weighted by molar-refractivity contribution is 0.673. The van der Waals surface area contributed by atoms with Crippen LogP contribution in [-0.2, 0) is 0 Å². The van der Waals surface area contributed by atoms with Crippen molar-refractivity contribution < 1.29 is 4.42 Å². The van der Waals surface area contributed by atoms with Gasteiger partial charge in [-0.25, -0.2) is 0 Å². The van der Waals surface area contributed by atoms with E-state index in [-0.39, 0.29) is 0 Å². The van der Waals surface area contributed by atoms with Crippen LogP contribution < -0.4 is 4.90 Å². The van der Waals surface area contributed by atoms with Gasteiger partial charge in [0.05, 0.1) is 15.7 Å². The van der Waals surface area contributed by atoms with E-state index in [2.05, 4.69) is 155 Å². The van der Waals surface area contributed by atoms with Crippen LogP contribution in [0.2, 0.25) is 0 Å².